The molecule has 0 aliphatic carbocycles. The summed E-state index contributed by atoms with van der Waals surface area (Å²) in [5, 5.41) is 4.00. The molecule has 3 aromatic rings. The normalized spacial score (nSPS) is 15.4. The van der Waals surface area contributed by atoms with Gasteiger partial charge < -0.3 is 13.8 Å². The number of aromatic nitrogens is 3. The van der Waals surface area contributed by atoms with Crippen molar-refractivity contribution < 1.29 is 13.7 Å². The Morgan fingerprint density at radius 2 is 2.08 bits per heavy atom. The summed E-state index contributed by atoms with van der Waals surface area (Å²) in [7, 11) is 0. The van der Waals surface area contributed by atoms with E-state index in [4.69, 9.17) is 8.94 Å². The van der Waals surface area contributed by atoms with Crippen LogP contribution in [-0.2, 0) is 6.54 Å². The summed E-state index contributed by atoms with van der Waals surface area (Å²) < 4.78 is 10.3. The molecule has 0 unspecified atom stereocenters. The number of pyridine rings is 1. The van der Waals surface area contributed by atoms with Crippen LogP contribution in [0.15, 0.2) is 52.1 Å². The lowest BCUT2D eigenvalue weighted by Crippen LogP contribution is -2.48. The average molecular weight is 339 g/mol. The van der Waals surface area contributed by atoms with Gasteiger partial charge in [-0.15, -0.1) is 0 Å². The molecule has 1 saturated heterocycles. The van der Waals surface area contributed by atoms with E-state index in [1.54, 1.807) is 18.5 Å². The predicted octanol–water partition coefficient (Wildman–Crippen LogP) is 1.68. The maximum Gasteiger partial charge on any atom is 0.257 e. The minimum Gasteiger partial charge on any atom is -0.472 e. The van der Waals surface area contributed by atoms with Crippen LogP contribution in [0.1, 0.15) is 16.2 Å². The van der Waals surface area contributed by atoms with Crippen LogP contribution in [0.25, 0.3) is 11.4 Å². The smallest absolute Gasteiger partial charge is 0.257 e. The van der Waals surface area contributed by atoms with E-state index < -0.39 is 0 Å². The van der Waals surface area contributed by atoms with E-state index in [-0.39, 0.29) is 5.91 Å². The van der Waals surface area contributed by atoms with Gasteiger partial charge in [-0.3, -0.25) is 14.7 Å². The van der Waals surface area contributed by atoms with E-state index in [0.717, 1.165) is 18.7 Å². The summed E-state index contributed by atoms with van der Waals surface area (Å²) in [6, 6.07) is 5.41. The molecule has 0 saturated carbocycles. The zero-order chi connectivity index (χ0) is 17.1. The zero-order valence-corrected chi connectivity index (χ0v) is 13.5. The number of hydrogen-bond donors (Lipinski definition) is 0. The number of hydrogen-bond acceptors (Lipinski definition) is 7. The average Bonchev–Trinajstić information content (AvgIpc) is 3.35. The molecule has 1 amide bonds. The van der Waals surface area contributed by atoms with Crippen molar-refractivity contribution in [3.05, 3.63) is 54.6 Å². The number of furan rings is 1. The third-order valence-corrected chi connectivity index (χ3v) is 4.17. The number of carbonyl (C=O) groups is 1. The van der Waals surface area contributed by atoms with E-state index in [0.29, 0.717) is 36.9 Å². The molecular formula is C17H17N5O3. The number of piperazine rings is 1. The Morgan fingerprint density at radius 3 is 2.80 bits per heavy atom. The molecule has 1 aliphatic heterocycles. The van der Waals surface area contributed by atoms with Crippen LogP contribution in [-0.4, -0.2) is 57.0 Å². The van der Waals surface area contributed by atoms with Crippen LogP contribution in [0.3, 0.4) is 0 Å². The highest BCUT2D eigenvalue weighted by Crippen LogP contribution is 2.16. The van der Waals surface area contributed by atoms with Gasteiger partial charge in [0.15, 0.2) is 0 Å². The summed E-state index contributed by atoms with van der Waals surface area (Å²) in [6.45, 7) is 3.41. The van der Waals surface area contributed by atoms with Gasteiger partial charge in [0.2, 0.25) is 11.7 Å². The second kappa shape index (κ2) is 6.86. The van der Waals surface area contributed by atoms with Crippen LogP contribution >= 0.6 is 0 Å². The SMILES string of the molecule is O=C(c1ccoc1)N1CCN(Cc2nc(-c3cccnc3)no2)CC1. The molecule has 0 atom stereocenters. The largest absolute Gasteiger partial charge is 0.472 e. The summed E-state index contributed by atoms with van der Waals surface area (Å²) >= 11 is 0. The van der Waals surface area contributed by atoms with E-state index in [1.807, 2.05) is 17.0 Å². The number of nitrogens with zero attached hydrogens (tertiary/aromatic N) is 5. The van der Waals surface area contributed by atoms with Crippen molar-refractivity contribution in [2.45, 2.75) is 6.54 Å². The molecular weight excluding hydrogens is 322 g/mol. The second-order valence-corrected chi connectivity index (χ2v) is 5.83. The van der Waals surface area contributed by atoms with Gasteiger partial charge in [-0.05, 0) is 18.2 Å². The first-order valence-electron chi connectivity index (χ1n) is 8.06. The minimum atomic E-state index is 0.00468. The summed E-state index contributed by atoms with van der Waals surface area (Å²) in [4.78, 5) is 24.8. The molecule has 4 rings (SSSR count). The quantitative estimate of drug-likeness (QED) is 0.714. The van der Waals surface area contributed by atoms with Crippen molar-refractivity contribution in [2.75, 3.05) is 26.2 Å². The standard InChI is InChI=1S/C17H17N5O3/c23-17(14-3-9-24-12-14)22-7-5-21(6-8-22)11-15-19-16(20-25-15)13-2-1-4-18-10-13/h1-4,9-10,12H,5-8,11H2. The fourth-order valence-electron chi connectivity index (χ4n) is 2.80. The first-order chi connectivity index (χ1) is 12.3. The Hall–Kier alpha value is -3.00. The number of carbonyl (C=O) groups excluding carboxylic acids is 1. The van der Waals surface area contributed by atoms with E-state index in [2.05, 4.69) is 20.0 Å². The summed E-state index contributed by atoms with van der Waals surface area (Å²) in [6.07, 6.45) is 6.40. The van der Waals surface area contributed by atoms with Crippen LogP contribution in [0, 0.1) is 0 Å². The molecule has 8 heteroatoms. The molecule has 4 heterocycles. The third kappa shape index (κ3) is 3.43. The van der Waals surface area contributed by atoms with Crippen molar-refractivity contribution in [1.82, 2.24) is 24.9 Å². The van der Waals surface area contributed by atoms with Gasteiger partial charge >= 0.3 is 0 Å². The first kappa shape index (κ1) is 15.5. The monoisotopic (exact) mass is 339 g/mol. The van der Waals surface area contributed by atoms with Crippen molar-refractivity contribution in [1.29, 1.82) is 0 Å². The summed E-state index contributed by atoms with van der Waals surface area (Å²) in [5.74, 6) is 1.11. The highest BCUT2D eigenvalue weighted by Gasteiger charge is 2.24. The van der Waals surface area contributed by atoms with Crippen LogP contribution in [0.5, 0.6) is 0 Å². The van der Waals surface area contributed by atoms with Crippen molar-refractivity contribution in [3.8, 4) is 11.4 Å². The van der Waals surface area contributed by atoms with Crippen LogP contribution in [0.2, 0.25) is 0 Å². The zero-order valence-electron chi connectivity index (χ0n) is 13.5. The molecule has 0 N–H and O–H groups in total. The van der Waals surface area contributed by atoms with Crippen molar-refractivity contribution >= 4 is 5.91 Å². The van der Waals surface area contributed by atoms with Gasteiger partial charge in [-0.1, -0.05) is 5.16 Å². The number of amides is 1. The predicted molar refractivity (Wildman–Crippen MR) is 87.4 cm³/mol. The Morgan fingerprint density at radius 1 is 1.20 bits per heavy atom. The molecule has 8 nitrogen and oxygen atoms in total. The molecule has 3 aromatic heterocycles. The maximum atomic E-state index is 12.3. The first-order valence-corrected chi connectivity index (χ1v) is 8.06. The van der Waals surface area contributed by atoms with Gasteiger partial charge in [0.05, 0.1) is 18.4 Å². The molecule has 25 heavy (non-hydrogen) atoms. The molecule has 0 bridgehead atoms. The lowest BCUT2D eigenvalue weighted by Gasteiger charge is -2.33. The highest BCUT2D eigenvalue weighted by atomic mass is 16.5. The molecule has 1 aliphatic rings. The Bertz CT molecular complexity index is 823. The van der Waals surface area contributed by atoms with Gasteiger partial charge in [-0.2, -0.15) is 4.98 Å². The fraction of sp³-hybridized carbons (Fsp3) is 0.294. The van der Waals surface area contributed by atoms with Gasteiger partial charge in [0.1, 0.15) is 6.26 Å². The molecule has 0 radical (unpaired) electrons. The third-order valence-electron chi connectivity index (χ3n) is 4.17. The van der Waals surface area contributed by atoms with E-state index >= 15 is 0 Å². The van der Waals surface area contributed by atoms with E-state index in [1.165, 1.54) is 12.5 Å². The highest BCUT2D eigenvalue weighted by molar-refractivity contribution is 5.93. The lowest BCUT2D eigenvalue weighted by molar-refractivity contribution is 0.0614. The van der Waals surface area contributed by atoms with Gasteiger partial charge in [0, 0.05) is 44.1 Å². The maximum absolute atomic E-state index is 12.3. The Labute approximate surface area is 144 Å². The van der Waals surface area contributed by atoms with Gasteiger partial charge in [-0.25, -0.2) is 0 Å². The lowest BCUT2D eigenvalue weighted by atomic mass is 10.2. The molecule has 0 aromatic carbocycles. The van der Waals surface area contributed by atoms with Crippen LogP contribution < -0.4 is 0 Å². The van der Waals surface area contributed by atoms with Crippen molar-refractivity contribution in [2.24, 2.45) is 0 Å². The Kier molecular flexibility index (Phi) is 4.26. The second-order valence-electron chi connectivity index (χ2n) is 5.83. The van der Waals surface area contributed by atoms with Crippen molar-refractivity contribution in [3.63, 3.8) is 0 Å². The topological polar surface area (TPSA) is 88.5 Å². The summed E-state index contributed by atoms with van der Waals surface area (Å²) in [5.41, 5.74) is 1.42. The minimum absolute atomic E-state index is 0.00468. The molecule has 128 valence electrons. The molecule has 1 fully saturated rings. The molecule has 0 spiro atoms. The van der Waals surface area contributed by atoms with E-state index in [9.17, 15) is 4.79 Å². The van der Waals surface area contributed by atoms with Gasteiger partial charge in [0.25, 0.3) is 5.91 Å². The fourth-order valence-corrected chi connectivity index (χ4v) is 2.80. The Balaban J connectivity index is 1.33. The van der Waals surface area contributed by atoms with Crippen LogP contribution in [0.4, 0.5) is 0 Å². The number of rotatable bonds is 4.